The van der Waals surface area contributed by atoms with E-state index in [1.54, 1.807) is 12.4 Å². The normalized spacial score (nSPS) is 25.5. The molecule has 3 rings (SSSR count). The maximum absolute atomic E-state index is 12.4. The van der Waals surface area contributed by atoms with Gasteiger partial charge in [-0.05, 0) is 45.8 Å². The van der Waals surface area contributed by atoms with Crippen LogP contribution in [0.15, 0.2) is 18.5 Å². The van der Waals surface area contributed by atoms with E-state index in [0.717, 1.165) is 50.9 Å². The van der Waals surface area contributed by atoms with Crippen LogP contribution in [0.4, 0.5) is 0 Å². The Labute approximate surface area is 126 Å². The van der Waals surface area contributed by atoms with E-state index in [1.807, 2.05) is 11.0 Å². The molecule has 2 aliphatic rings. The van der Waals surface area contributed by atoms with Crippen LogP contribution in [-0.4, -0.2) is 66.1 Å². The molecule has 0 radical (unpaired) electrons. The van der Waals surface area contributed by atoms with Crippen molar-refractivity contribution in [3.05, 3.63) is 24.0 Å². The molecule has 3 heterocycles. The Balaban J connectivity index is 1.61. The molecular formula is C16H25N3O2. The zero-order valence-electron chi connectivity index (χ0n) is 13.0. The molecule has 1 atom stereocenters. The van der Waals surface area contributed by atoms with E-state index >= 15 is 0 Å². The van der Waals surface area contributed by atoms with E-state index in [0.29, 0.717) is 6.04 Å². The van der Waals surface area contributed by atoms with E-state index in [2.05, 4.69) is 24.0 Å². The van der Waals surface area contributed by atoms with Gasteiger partial charge in [-0.15, -0.1) is 0 Å². The first-order valence-corrected chi connectivity index (χ1v) is 7.82. The maximum Gasteiger partial charge on any atom is 0.255 e. The molecule has 1 aromatic rings. The number of aromatic nitrogens is 1. The average Bonchev–Trinajstić information content (AvgIpc) is 3.02. The van der Waals surface area contributed by atoms with Crippen molar-refractivity contribution in [2.45, 2.75) is 37.3 Å². The molecule has 2 aliphatic heterocycles. The summed E-state index contributed by atoms with van der Waals surface area (Å²) in [5, 5.41) is 0. The number of piperidine rings is 1. The summed E-state index contributed by atoms with van der Waals surface area (Å²) < 4.78 is 6.13. The van der Waals surface area contributed by atoms with Crippen LogP contribution in [0.5, 0.6) is 0 Å². The largest absolute Gasteiger partial charge is 0.375 e. The number of nitrogens with zero attached hydrogens (tertiary/aromatic N) is 2. The van der Waals surface area contributed by atoms with E-state index in [9.17, 15) is 4.79 Å². The molecule has 1 aromatic heterocycles. The van der Waals surface area contributed by atoms with Gasteiger partial charge in [0.2, 0.25) is 0 Å². The van der Waals surface area contributed by atoms with Crippen molar-refractivity contribution in [1.29, 1.82) is 0 Å². The number of hydrogen-bond acceptors (Lipinski definition) is 3. The van der Waals surface area contributed by atoms with Crippen LogP contribution in [0.25, 0.3) is 0 Å². The van der Waals surface area contributed by atoms with Gasteiger partial charge < -0.3 is 19.5 Å². The number of rotatable bonds is 2. The lowest BCUT2D eigenvalue weighted by atomic mass is 9.82. The van der Waals surface area contributed by atoms with Gasteiger partial charge in [0.25, 0.3) is 5.91 Å². The van der Waals surface area contributed by atoms with Gasteiger partial charge in [-0.3, -0.25) is 4.79 Å². The summed E-state index contributed by atoms with van der Waals surface area (Å²) in [5.41, 5.74) is 0.740. The Morgan fingerprint density at radius 3 is 2.81 bits per heavy atom. The lowest BCUT2D eigenvalue weighted by molar-refractivity contribution is -0.125. The second-order valence-corrected chi connectivity index (χ2v) is 6.53. The molecule has 1 amide bonds. The number of aromatic amines is 1. The highest BCUT2D eigenvalue weighted by molar-refractivity contribution is 5.94. The van der Waals surface area contributed by atoms with Crippen molar-refractivity contribution >= 4 is 5.91 Å². The first kappa shape index (κ1) is 14.6. The van der Waals surface area contributed by atoms with Crippen LogP contribution in [0.3, 0.4) is 0 Å². The quantitative estimate of drug-likeness (QED) is 0.903. The Kier molecular flexibility index (Phi) is 4.04. The summed E-state index contributed by atoms with van der Waals surface area (Å²) in [4.78, 5) is 19.6. The second-order valence-electron chi connectivity index (χ2n) is 6.53. The van der Waals surface area contributed by atoms with E-state index in [-0.39, 0.29) is 11.5 Å². The minimum atomic E-state index is -0.0118. The first-order valence-electron chi connectivity index (χ1n) is 7.82. The van der Waals surface area contributed by atoms with Crippen LogP contribution in [0.1, 0.15) is 36.0 Å². The minimum absolute atomic E-state index is 0.0118. The standard InChI is InChI=1S/C16H25N3O2/c1-18(2)14-4-10-21-16(11-14)5-8-19(9-6-16)15(20)13-3-7-17-12-13/h3,7,12,14,17H,4-6,8-11H2,1-2H3. The highest BCUT2D eigenvalue weighted by Gasteiger charge is 2.41. The number of carbonyl (C=O) groups is 1. The molecule has 1 spiro atoms. The molecule has 1 unspecified atom stereocenters. The van der Waals surface area contributed by atoms with Crippen LogP contribution >= 0.6 is 0 Å². The number of hydrogen-bond donors (Lipinski definition) is 1. The fourth-order valence-corrected chi connectivity index (χ4v) is 3.55. The van der Waals surface area contributed by atoms with Gasteiger partial charge in [-0.2, -0.15) is 0 Å². The third-order valence-electron chi connectivity index (χ3n) is 5.00. The number of carbonyl (C=O) groups excluding carboxylic acids is 1. The van der Waals surface area contributed by atoms with Gasteiger partial charge in [0.05, 0.1) is 11.2 Å². The van der Waals surface area contributed by atoms with Gasteiger partial charge in [0, 0.05) is 38.1 Å². The van der Waals surface area contributed by atoms with Crippen molar-refractivity contribution in [2.75, 3.05) is 33.8 Å². The second kappa shape index (κ2) is 5.81. The van der Waals surface area contributed by atoms with E-state index < -0.39 is 0 Å². The third kappa shape index (κ3) is 2.99. The van der Waals surface area contributed by atoms with Gasteiger partial charge in [-0.1, -0.05) is 0 Å². The highest BCUT2D eigenvalue weighted by atomic mass is 16.5. The van der Waals surface area contributed by atoms with Crippen LogP contribution < -0.4 is 0 Å². The van der Waals surface area contributed by atoms with Crippen molar-refractivity contribution in [3.63, 3.8) is 0 Å². The zero-order chi connectivity index (χ0) is 14.9. The van der Waals surface area contributed by atoms with Gasteiger partial charge in [0.1, 0.15) is 0 Å². The predicted octanol–water partition coefficient (Wildman–Crippen LogP) is 1.73. The van der Waals surface area contributed by atoms with Crippen molar-refractivity contribution in [2.24, 2.45) is 0 Å². The summed E-state index contributed by atoms with van der Waals surface area (Å²) in [6.07, 6.45) is 7.67. The molecule has 116 valence electrons. The molecule has 2 saturated heterocycles. The Morgan fingerprint density at radius 2 is 2.19 bits per heavy atom. The average molecular weight is 291 g/mol. The molecule has 1 N–H and O–H groups in total. The SMILES string of the molecule is CN(C)C1CCOC2(CCN(C(=O)c3cc[nH]c3)CC2)C1. The molecule has 5 heteroatoms. The predicted molar refractivity (Wildman–Crippen MR) is 81.3 cm³/mol. The van der Waals surface area contributed by atoms with Crippen LogP contribution in [0.2, 0.25) is 0 Å². The van der Waals surface area contributed by atoms with E-state index in [1.165, 1.54) is 0 Å². The van der Waals surface area contributed by atoms with Crippen molar-refractivity contribution in [1.82, 2.24) is 14.8 Å². The molecule has 21 heavy (non-hydrogen) atoms. The molecule has 0 aliphatic carbocycles. The maximum atomic E-state index is 12.4. The third-order valence-corrected chi connectivity index (χ3v) is 5.00. The summed E-state index contributed by atoms with van der Waals surface area (Å²) in [6, 6.07) is 2.44. The summed E-state index contributed by atoms with van der Waals surface area (Å²) in [7, 11) is 4.29. The molecule has 5 nitrogen and oxygen atoms in total. The van der Waals surface area contributed by atoms with Crippen molar-refractivity contribution in [3.8, 4) is 0 Å². The highest BCUT2D eigenvalue weighted by Crippen LogP contribution is 2.36. The van der Waals surface area contributed by atoms with Gasteiger partial charge in [-0.25, -0.2) is 0 Å². The fourth-order valence-electron chi connectivity index (χ4n) is 3.55. The fraction of sp³-hybridized carbons (Fsp3) is 0.688. The molecule has 2 fully saturated rings. The monoisotopic (exact) mass is 291 g/mol. The van der Waals surface area contributed by atoms with Gasteiger partial charge >= 0.3 is 0 Å². The van der Waals surface area contributed by atoms with Crippen molar-refractivity contribution < 1.29 is 9.53 Å². The zero-order valence-corrected chi connectivity index (χ0v) is 13.0. The Bertz CT molecular complexity index is 476. The number of likely N-dealkylation sites (tertiary alicyclic amines) is 1. The summed E-state index contributed by atoms with van der Waals surface area (Å²) in [5.74, 6) is 0.131. The molecule has 0 bridgehead atoms. The summed E-state index contributed by atoms with van der Waals surface area (Å²) >= 11 is 0. The molecular weight excluding hydrogens is 266 g/mol. The molecule has 0 saturated carbocycles. The number of nitrogens with one attached hydrogen (secondary N) is 1. The lowest BCUT2D eigenvalue weighted by Crippen LogP contribution is -2.53. The van der Waals surface area contributed by atoms with Crippen LogP contribution in [-0.2, 0) is 4.74 Å². The summed E-state index contributed by atoms with van der Waals surface area (Å²) in [6.45, 7) is 2.43. The number of H-pyrrole nitrogens is 1. The number of amides is 1. The first-order chi connectivity index (χ1) is 10.1. The molecule has 0 aromatic carbocycles. The van der Waals surface area contributed by atoms with E-state index in [4.69, 9.17) is 4.74 Å². The Hall–Kier alpha value is -1.33. The Morgan fingerprint density at radius 1 is 1.43 bits per heavy atom. The van der Waals surface area contributed by atoms with Crippen LogP contribution in [0, 0.1) is 0 Å². The topological polar surface area (TPSA) is 48.6 Å². The number of ether oxygens (including phenoxy) is 1. The minimum Gasteiger partial charge on any atom is -0.375 e. The smallest absolute Gasteiger partial charge is 0.255 e. The van der Waals surface area contributed by atoms with Gasteiger partial charge in [0.15, 0.2) is 0 Å². The lowest BCUT2D eigenvalue weighted by Gasteiger charge is -2.47.